The van der Waals surface area contributed by atoms with Gasteiger partial charge in [0.1, 0.15) is 0 Å². The summed E-state index contributed by atoms with van der Waals surface area (Å²) >= 11 is 0. The van der Waals surface area contributed by atoms with Crippen molar-refractivity contribution in [2.45, 2.75) is 26.2 Å². The van der Waals surface area contributed by atoms with E-state index < -0.39 is 0 Å². The van der Waals surface area contributed by atoms with Gasteiger partial charge < -0.3 is 10.3 Å². The predicted molar refractivity (Wildman–Crippen MR) is 57.2 cm³/mol. The van der Waals surface area contributed by atoms with Crippen molar-refractivity contribution in [2.24, 2.45) is 11.8 Å². The summed E-state index contributed by atoms with van der Waals surface area (Å²) in [6.45, 7) is 3.00. The smallest absolute Gasteiger partial charge is 0.223 e. The Morgan fingerprint density at radius 2 is 2.47 bits per heavy atom. The quantitative estimate of drug-likeness (QED) is 0.777. The lowest BCUT2D eigenvalue weighted by atomic mass is 9.88. The van der Waals surface area contributed by atoms with Gasteiger partial charge in [-0.25, -0.2) is 4.98 Å². The number of rotatable bonds is 4. The van der Waals surface area contributed by atoms with Crippen LogP contribution >= 0.6 is 0 Å². The lowest BCUT2D eigenvalue weighted by Crippen LogP contribution is -2.21. The van der Waals surface area contributed by atoms with Gasteiger partial charge >= 0.3 is 0 Å². The molecule has 1 amide bonds. The minimum Gasteiger partial charge on any atom is -0.356 e. The number of aromatic amines is 1. The molecule has 2 unspecified atom stereocenters. The van der Waals surface area contributed by atoms with Gasteiger partial charge in [-0.2, -0.15) is 0 Å². The van der Waals surface area contributed by atoms with Gasteiger partial charge in [0.25, 0.3) is 0 Å². The third-order valence-corrected chi connectivity index (χ3v) is 3.10. The number of hydrogen-bond donors (Lipinski definition) is 2. The zero-order valence-corrected chi connectivity index (χ0v) is 8.99. The standard InChI is InChI=1S/C11H17N3O/c1-2-3-8-5-13-11(15)10(8)4-9-6-12-7-14-9/h6-8,10H,2-5H2,1H3,(H,12,14)(H,13,15). The van der Waals surface area contributed by atoms with Crippen LogP contribution < -0.4 is 5.32 Å². The van der Waals surface area contributed by atoms with Gasteiger partial charge in [0, 0.05) is 30.8 Å². The van der Waals surface area contributed by atoms with Gasteiger partial charge in [-0.05, 0) is 12.3 Å². The van der Waals surface area contributed by atoms with Gasteiger partial charge in [0.15, 0.2) is 0 Å². The van der Waals surface area contributed by atoms with Crippen molar-refractivity contribution >= 4 is 5.91 Å². The average Bonchev–Trinajstić information content (AvgIpc) is 2.83. The topological polar surface area (TPSA) is 57.8 Å². The summed E-state index contributed by atoms with van der Waals surface area (Å²) in [5, 5.41) is 2.94. The Morgan fingerprint density at radius 1 is 1.60 bits per heavy atom. The van der Waals surface area contributed by atoms with E-state index in [2.05, 4.69) is 22.2 Å². The molecule has 0 spiro atoms. The SMILES string of the molecule is CCCC1CNC(=O)C1Cc1cnc[nH]1. The Bertz CT molecular complexity index is 321. The fourth-order valence-electron chi connectivity index (χ4n) is 2.29. The number of hydrogen-bond acceptors (Lipinski definition) is 2. The van der Waals surface area contributed by atoms with Crippen molar-refractivity contribution in [3.05, 3.63) is 18.2 Å². The van der Waals surface area contributed by atoms with Crippen molar-refractivity contribution in [1.29, 1.82) is 0 Å². The number of amides is 1. The zero-order valence-electron chi connectivity index (χ0n) is 8.99. The predicted octanol–water partition coefficient (Wildman–Crippen LogP) is 1.11. The van der Waals surface area contributed by atoms with Crippen molar-refractivity contribution in [1.82, 2.24) is 15.3 Å². The molecule has 2 atom stereocenters. The highest BCUT2D eigenvalue weighted by atomic mass is 16.2. The van der Waals surface area contributed by atoms with Crippen molar-refractivity contribution < 1.29 is 4.79 Å². The van der Waals surface area contributed by atoms with Crippen molar-refractivity contribution in [3.63, 3.8) is 0 Å². The summed E-state index contributed by atoms with van der Waals surface area (Å²) in [6, 6.07) is 0. The number of H-pyrrole nitrogens is 1. The first-order valence-electron chi connectivity index (χ1n) is 5.56. The summed E-state index contributed by atoms with van der Waals surface area (Å²) in [5.74, 6) is 0.819. The lowest BCUT2D eigenvalue weighted by molar-refractivity contribution is -0.123. The van der Waals surface area contributed by atoms with Gasteiger partial charge in [-0.15, -0.1) is 0 Å². The molecule has 0 radical (unpaired) electrons. The molecule has 1 aromatic rings. The Kier molecular flexibility index (Phi) is 3.04. The molecule has 0 aliphatic carbocycles. The fourth-order valence-corrected chi connectivity index (χ4v) is 2.29. The first-order valence-corrected chi connectivity index (χ1v) is 5.56. The van der Waals surface area contributed by atoms with Crippen LogP contribution in [0.5, 0.6) is 0 Å². The summed E-state index contributed by atoms with van der Waals surface area (Å²) in [7, 11) is 0. The van der Waals surface area contributed by atoms with E-state index in [1.54, 1.807) is 12.5 Å². The second-order valence-corrected chi connectivity index (χ2v) is 4.18. The molecule has 2 heterocycles. The largest absolute Gasteiger partial charge is 0.356 e. The van der Waals surface area contributed by atoms with Gasteiger partial charge in [0.05, 0.1) is 6.33 Å². The molecule has 1 aliphatic rings. The molecule has 1 fully saturated rings. The lowest BCUT2D eigenvalue weighted by Gasteiger charge is -2.14. The number of nitrogens with one attached hydrogen (secondary N) is 2. The normalized spacial score (nSPS) is 25.5. The maximum atomic E-state index is 11.6. The number of carbonyl (C=O) groups is 1. The number of carbonyl (C=O) groups excluding carboxylic acids is 1. The van der Waals surface area contributed by atoms with E-state index in [0.29, 0.717) is 5.92 Å². The molecule has 2 rings (SSSR count). The van der Waals surface area contributed by atoms with Crippen LogP contribution in [0.25, 0.3) is 0 Å². The second-order valence-electron chi connectivity index (χ2n) is 4.18. The first kappa shape index (κ1) is 10.2. The Morgan fingerprint density at radius 3 is 3.13 bits per heavy atom. The maximum absolute atomic E-state index is 11.6. The Balaban J connectivity index is 2.01. The van der Waals surface area contributed by atoms with Crippen LogP contribution in [0.1, 0.15) is 25.5 Å². The van der Waals surface area contributed by atoms with E-state index in [0.717, 1.165) is 31.5 Å². The minimum atomic E-state index is 0.130. The minimum absolute atomic E-state index is 0.130. The third kappa shape index (κ3) is 2.19. The molecule has 82 valence electrons. The van der Waals surface area contributed by atoms with Crippen molar-refractivity contribution in [3.8, 4) is 0 Å². The van der Waals surface area contributed by atoms with E-state index in [1.807, 2.05) is 0 Å². The molecule has 1 aliphatic heterocycles. The van der Waals surface area contributed by atoms with Crippen LogP contribution in [0, 0.1) is 11.8 Å². The Hall–Kier alpha value is -1.32. The summed E-state index contributed by atoms with van der Waals surface area (Å²) in [5.41, 5.74) is 1.05. The van der Waals surface area contributed by atoms with Crippen LogP contribution in [-0.2, 0) is 11.2 Å². The number of aromatic nitrogens is 2. The van der Waals surface area contributed by atoms with E-state index in [4.69, 9.17) is 0 Å². The molecule has 4 nitrogen and oxygen atoms in total. The van der Waals surface area contributed by atoms with Gasteiger partial charge in [0.2, 0.25) is 5.91 Å². The fraction of sp³-hybridized carbons (Fsp3) is 0.636. The highest BCUT2D eigenvalue weighted by molar-refractivity contribution is 5.81. The third-order valence-electron chi connectivity index (χ3n) is 3.10. The molecule has 0 bridgehead atoms. The highest BCUT2D eigenvalue weighted by Gasteiger charge is 2.33. The molecule has 4 heteroatoms. The van der Waals surface area contributed by atoms with E-state index >= 15 is 0 Å². The summed E-state index contributed by atoms with van der Waals surface area (Å²) in [6.07, 6.45) is 6.51. The molecule has 0 saturated carbocycles. The second kappa shape index (κ2) is 4.47. The van der Waals surface area contributed by atoms with Crippen molar-refractivity contribution in [2.75, 3.05) is 6.54 Å². The van der Waals surface area contributed by atoms with Crippen LogP contribution in [0.3, 0.4) is 0 Å². The van der Waals surface area contributed by atoms with E-state index in [9.17, 15) is 4.79 Å². The molecule has 1 aromatic heterocycles. The first-order chi connectivity index (χ1) is 7.31. The average molecular weight is 207 g/mol. The number of imidazole rings is 1. The van der Waals surface area contributed by atoms with Crippen LogP contribution in [0.2, 0.25) is 0 Å². The summed E-state index contributed by atoms with van der Waals surface area (Å²) < 4.78 is 0. The maximum Gasteiger partial charge on any atom is 0.223 e. The highest BCUT2D eigenvalue weighted by Crippen LogP contribution is 2.25. The molecular formula is C11H17N3O. The van der Waals surface area contributed by atoms with Gasteiger partial charge in [-0.1, -0.05) is 13.3 Å². The molecular weight excluding hydrogens is 190 g/mol. The zero-order chi connectivity index (χ0) is 10.7. The Labute approximate surface area is 89.5 Å². The van der Waals surface area contributed by atoms with Crippen LogP contribution in [0.4, 0.5) is 0 Å². The summed E-state index contributed by atoms with van der Waals surface area (Å²) in [4.78, 5) is 18.7. The van der Waals surface area contributed by atoms with Gasteiger partial charge in [-0.3, -0.25) is 4.79 Å². The monoisotopic (exact) mass is 207 g/mol. The molecule has 0 aromatic carbocycles. The molecule has 15 heavy (non-hydrogen) atoms. The molecule has 1 saturated heterocycles. The van der Waals surface area contributed by atoms with E-state index in [1.165, 1.54) is 0 Å². The molecule has 2 N–H and O–H groups in total. The van der Waals surface area contributed by atoms with Crippen LogP contribution in [0.15, 0.2) is 12.5 Å². The van der Waals surface area contributed by atoms with Crippen LogP contribution in [-0.4, -0.2) is 22.4 Å². The van der Waals surface area contributed by atoms with E-state index in [-0.39, 0.29) is 11.8 Å². The number of nitrogens with zero attached hydrogens (tertiary/aromatic N) is 1.